The van der Waals surface area contributed by atoms with Gasteiger partial charge in [0.1, 0.15) is 17.6 Å². The highest BCUT2D eigenvalue weighted by atomic mass is 32.1. The Bertz CT molecular complexity index is 1060. The van der Waals surface area contributed by atoms with Crippen LogP contribution < -0.4 is 10.6 Å². The van der Waals surface area contributed by atoms with Gasteiger partial charge in [-0.25, -0.2) is 4.98 Å². The fraction of sp³-hybridized carbons (Fsp3) is 0.200. The molecule has 0 saturated heterocycles. The number of aromatic nitrogens is 1. The number of aryl methyl sites for hydroxylation is 1. The normalized spacial score (nSPS) is 11.9. The van der Waals surface area contributed by atoms with E-state index in [4.69, 9.17) is 8.83 Å². The number of benzene rings is 1. The van der Waals surface area contributed by atoms with Crippen LogP contribution in [0.2, 0.25) is 0 Å². The molecule has 0 aliphatic heterocycles. The third kappa shape index (κ3) is 3.73. The Kier molecular flexibility index (Phi) is 4.93. The summed E-state index contributed by atoms with van der Waals surface area (Å²) in [6.07, 6.45) is 1.67. The highest BCUT2D eigenvalue weighted by molar-refractivity contribution is 7.13. The lowest BCUT2D eigenvalue weighted by Crippen LogP contribution is -2.36. The number of fused-ring (bicyclic) bond motifs is 1. The number of para-hydroxylation sites is 1. The molecular weight excluding hydrogens is 360 g/mol. The van der Waals surface area contributed by atoms with Crippen molar-refractivity contribution in [1.29, 1.82) is 0 Å². The minimum Gasteiger partial charge on any atom is -0.459 e. The Hall–Kier alpha value is -3.06. The third-order valence-electron chi connectivity index (χ3n) is 4.30. The first-order valence-corrected chi connectivity index (χ1v) is 9.52. The number of rotatable bonds is 5. The van der Waals surface area contributed by atoms with Gasteiger partial charge in [-0.15, -0.1) is 11.3 Å². The molecule has 0 bridgehead atoms. The van der Waals surface area contributed by atoms with E-state index < -0.39 is 0 Å². The second-order valence-electron chi connectivity index (χ2n) is 6.05. The van der Waals surface area contributed by atoms with E-state index in [0.717, 1.165) is 32.9 Å². The Labute approximate surface area is 160 Å². The summed E-state index contributed by atoms with van der Waals surface area (Å²) in [4.78, 5) is 9.77. The zero-order valence-electron chi connectivity index (χ0n) is 15.2. The summed E-state index contributed by atoms with van der Waals surface area (Å²) in [6.45, 7) is 3.15. The van der Waals surface area contributed by atoms with Gasteiger partial charge in [-0.3, -0.25) is 4.99 Å². The minimum atomic E-state index is 0.521. The summed E-state index contributed by atoms with van der Waals surface area (Å²) in [5.41, 5.74) is 2.87. The number of hydrogen-bond donors (Lipinski definition) is 2. The molecule has 0 unspecified atom stereocenters. The van der Waals surface area contributed by atoms with E-state index in [1.54, 1.807) is 24.6 Å². The van der Waals surface area contributed by atoms with E-state index in [1.807, 2.05) is 35.7 Å². The van der Waals surface area contributed by atoms with Crippen molar-refractivity contribution in [2.45, 2.75) is 20.0 Å². The Morgan fingerprint density at radius 1 is 1.15 bits per heavy atom. The standard InChI is InChI=1S/C20H20N4O2S/c1-13-15-6-3-4-7-16(15)26-17(13)11-23-20(21-2)22-10-14-12-25-19(24-14)18-8-5-9-27-18/h3-9,12H,10-11H2,1-2H3,(H2,21,22,23). The molecule has 0 amide bonds. The largest absolute Gasteiger partial charge is 0.459 e. The van der Waals surface area contributed by atoms with Crippen molar-refractivity contribution in [2.24, 2.45) is 4.99 Å². The molecule has 0 radical (unpaired) electrons. The number of guanidine groups is 1. The summed E-state index contributed by atoms with van der Waals surface area (Å²) >= 11 is 1.60. The van der Waals surface area contributed by atoms with Gasteiger partial charge in [0, 0.05) is 18.0 Å². The van der Waals surface area contributed by atoms with E-state index in [0.29, 0.717) is 24.9 Å². The first-order chi connectivity index (χ1) is 13.2. The highest BCUT2D eigenvalue weighted by Crippen LogP contribution is 2.25. The molecule has 4 aromatic rings. The zero-order chi connectivity index (χ0) is 18.6. The number of thiophene rings is 1. The van der Waals surface area contributed by atoms with Crippen LogP contribution in [0.5, 0.6) is 0 Å². The average molecular weight is 380 g/mol. The lowest BCUT2D eigenvalue weighted by molar-refractivity contribution is 0.534. The summed E-state index contributed by atoms with van der Waals surface area (Å²) in [5, 5.41) is 9.67. The molecule has 1 aromatic carbocycles. The van der Waals surface area contributed by atoms with Crippen LogP contribution in [0.3, 0.4) is 0 Å². The topological polar surface area (TPSA) is 75.6 Å². The molecule has 0 aliphatic rings. The van der Waals surface area contributed by atoms with Crippen LogP contribution in [0, 0.1) is 6.92 Å². The maximum Gasteiger partial charge on any atom is 0.236 e. The summed E-state index contributed by atoms with van der Waals surface area (Å²) in [7, 11) is 1.74. The number of furan rings is 1. The van der Waals surface area contributed by atoms with Gasteiger partial charge in [-0.1, -0.05) is 24.3 Å². The second-order valence-corrected chi connectivity index (χ2v) is 6.99. The summed E-state index contributed by atoms with van der Waals surface area (Å²) < 4.78 is 11.5. The monoisotopic (exact) mass is 380 g/mol. The third-order valence-corrected chi connectivity index (χ3v) is 5.16. The van der Waals surface area contributed by atoms with Gasteiger partial charge in [0.25, 0.3) is 0 Å². The van der Waals surface area contributed by atoms with E-state index in [1.165, 1.54) is 0 Å². The van der Waals surface area contributed by atoms with Gasteiger partial charge >= 0.3 is 0 Å². The van der Waals surface area contributed by atoms with Crippen molar-refractivity contribution >= 4 is 28.3 Å². The van der Waals surface area contributed by atoms with Gasteiger partial charge < -0.3 is 19.5 Å². The number of aliphatic imine (C=N–C) groups is 1. The SMILES string of the molecule is CN=C(NCc1coc(-c2cccs2)n1)NCc1oc2ccccc2c1C. The van der Waals surface area contributed by atoms with Crippen LogP contribution in [0.25, 0.3) is 21.7 Å². The molecule has 138 valence electrons. The lowest BCUT2D eigenvalue weighted by Gasteiger charge is -2.10. The quantitative estimate of drug-likeness (QED) is 0.398. The molecule has 0 aliphatic carbocycles. The average Bonchev–Trinajstić information content (AvgIpc) is 3.43. The molecule has 27 heavy (non-hydrogen) atoms. The first-order valence-electron chi connectivity index (χ1n) is 8.64. The summed E-state index contributed by atoms with van der Waals surface area (Å²) in [5.74, 6) is 2.22. The van der Waals surface area contributed by atoms with Gasteiger partial charge in [0.2, 0.25) is 5.89 Å². The predicted molar refractivity (Wildman–Crippen MR) is 108 cm³/mol. The van der Waals surface area contributed by atoms with Crippen LogP contribution in [0.15, 0.2) is 61.9 Å². The van der Waals surface area contributed by atoms with Crippen LogP contribution in [0.4, 0.5) is 0 Å². The smallest absolute Gasteiger partial charge is 0.236 e. The number of nitrogens with one attached hydrogen (secondary N) is 2. The van der Waals surface area contributed by atoms with Gasteiger partial charge in [-0.2, -0.15) is 0 Å². The fourth-order valence-corrected chi connectivity index (χ4v) is 3.51. The van der Waals surface area contributed by atoms with Crippen LogP contribution in [-0.2, 0) is 13.1 Å². The van der Waals surface area contributed by atoms with Gasteiger partial charge in [-0.05, 0) is 24.4 Å². The van der Waals surface area contributed by atoms with Crippen LogP contribution in [-0.4, -0.2) is 18.0 Å². The number of nitrogens with zero attached hydrogens (tertiary/aromatic N) is 2. The molecule has 6 nitrogen and oxygen atoms in total. The Morgan fingerprint density at radius 2 is 2.00 bits per heavy atom. The molecule has 3 heterocycles. The lowest BCUT2D eigenvalue weighted by atomic mass is 10.1. The van der Waals surface area contributed by atoms with E-state index in [-0.39, 0.29) is 0 Å². The maximum atomic E-state index is 5.93. The minimum absolute atomic E-state index is 0.521. The van der Waals surface area contributed by atoms with E-state index in [2.05, 4.69) is 33.6 Å². The predicted octanol–water partition coefficient (Wildman–Crippen LogP) is 4.32. The van der Waals surface area contributed by atoms with Crippen molar-refractivity contribution in [2.75, 3.05) is 7.05 Å². The summed E-state index contributed by atoms with van der Waals surface area (Å²) in [6, 6.07) is 12.0. The van der Waals surface area contributed by atoms with E-state index in [9.17, 15) is 0 Å². The second kappa shape index (κ2) is 7.67. The Balaban J connectivity index is 1.36. The fourth-order valence-electron chi connectivity index (χ4n) is 2.85. The van der Waals surface area contributed by atoms with E-state index >= 15 is 0 Å². The molecule has 0 atom stereocenters. The van der Waals surface area contributed by atoms with Crippen molar-refractivity contribution in [3.63, 3.8) is 0 Å². The maximum absolute atomic E-state index is 5.93. The zero-order valence-corrected chi connectivity index (χ0v) is 16.0. The van der Waals surface area contributed by atoms with Crippen LogP contribution in [0.1, 0.15) is 17.0 Å². The van der Waals surface area contributed by atoms with Crippen molar-refractivity contribution in [3.05, 3.63) is 65.1 Å². The van der Waals surface area contributed by atoms with Gasteiger partial charge in [0.05, 0.1) is 23.7 Å². The number of hydrogen-bond acceptors (Lipinski definition) is 5. The highest BCUT2D eigenvalue weighted by Gasteiger charge is 2.11. The van der Waals surface area contributed by atoms with Gasteiger partial charge in [0.15, 0.2) is 5.96 Å². The number of oxazole rings is 1. The molecule has 0 fully saturated rings. The van der Waals surface area contributed by atoms with Crippen molar-refractivity contribution < 1.29 is 8.83 Å². The Morgan fingerprint density at radius 3 is 2.78 bits per heavy atom. The molecule has 3 aromatic heterocycles. The van der Waals surface area contributed by atoms with Crippen molar-refractivity contribution in [1.82, 2.24) is 15.6 Å². The molecule has 0 spiro atoms. The molecule has 2 N–H and O–H groups in total. The first kappa shape index (κ1) is 17.4. The molecule has 4 rings (SSSR count). The van der Waals surface area contributed by atoms with Crippen molar-refractivity contribution in [3.8, 4) is 10.8 Å². The molecule has 0 saturated carbocycles. The molecule has 7 heteroatoms. The van der Waals surface area contributed by atoms with Crippen LogP contribution >= 0.6 is 11.3 Å². The molecular formula is C20H20N4O2S.